The Kier molecular flexibility index (Phi) is 6.58. The smallest absolute Gasteiger partial charge is 0.243 e. The maximum Gasteiger partial charge on any atom is 0.243 e. The van der Waals surface area contributed by atoms with E-state index in [1.807, 2.05) is 35.8 Å². The molecule has 1 amide bonds. The van der Waals surface area contributed by atoms with E-state index in [2.05, 4.69) is 31.6 Å². The standard InChI is InChI=1S/C17H21BrFN5O/c1-20-17(24(3)11-15-8-12(18)10-23(15)2)21-9-16(25)22-14-6-4-13(19)5-7-14/h4-8,10H,9,11H2,1-3H3,(H,20,21)(H,22,25). The van der Waals surface area contributed by atoms with Gasteiger partial charge in [-0.15, -0.1) is 0 Å². The van der Waals surface area contributed by atoms with E-state index in [0.29, 0.717) is 18.2 Å². The first-order valence-electron chi connectivity index (χ1n) is 7.67. The lowest BCUT2D eigenvalue weighted by molar-refractivity contribution is -0.115. The lowest BCUT2D eigenvalue weighted by Crippen LogP contribution is -2.42. The number of aliphatic imine (C=N–C) groups is 1. The van der Waals surface area contributed by atoms with Gasteiger partial charge in [0.25, 0.3) is 0 Å². The Morgan fingerprint density at radius 2 is 2.04 bits per heavy atom. The molecule has 0 saturated carbocycles. The van der Waals surface area contributed by atoms with E-state index in [1.54, 1.807) is 7.05 Å². The second-order valence-electron chi connectivity index (χ2n) is 5.57. The molecule has 0 unspecified atom stereocenters. The number of guanidine groups is 1. The number of anilines is 1. The first kappa shape index (κ1) is 19.0. The van der Waals surface area contributed by atoms with Gasteiger partial charge >= 0.3 is 0 Å². The fourth-order valence-corrected chi connectivity index (χ4v) is 2.90. The molecule has 2 N–H and O–H groups in total. The zero-order valence-corrected chi connectivity index (χ0v) is 16.0. The van der Waals surface area contributed by atoms with Gasteiger partial charge in [-0.2, -0.15) is 0 Å². The Bertz CT molecular complexity index is 757. The summed E-state index contributed by atoms with van der Waals surface area (Å²) in [6.45, 7) is 0.701. The number of halogens is 2. The van der Waals surface area contributed by atoms with Crippen LogP contribution in [0.5, 0.6) is 0 Å². The Morgan fingerprint density at radius 3 is 2.60 bits per heavy atom. The van der Waals surface area contributed by atoms with Gasteiger partial charge in [0.05, 0.1) is 13.1 Å². The van der Waals surface area contributed by atoms with Gasteiger partial charge in [0.1, 0.15) is 5.82 Å². The molecule has 1 heterocycles. The summed E-state index contributed by atoms with van der Waals surface area (Å²) in [5, 5.41) is 5.71. The third-order valence-electron chi connectivity index (χ3n) is 3.58. The molecule has 0 aliphatic carbocycles. The molecule has 0 atom stereocenters. The predicted molar refractivity (Wildman–Crippen MR) is 101 cm³/mol. The number of rotatable bonds is 5. The highest BCUT2D eigenvalue weighted by molar-refractivity contribution is 9.10. The normalized spacial score (nSPS) is 11.3. The molecule has 2 rings (SSSR count). The fraction of sp³-hybridized carbons (Fsp3) is 0.294. The van der Waals surface area contributed by atoms with Crippen molar-refractivity contribution in [2.45, 2.75) is 6.54 Å². The number of hydrogen-bond donors (Lipinski definition) is 2. The summed E-state index contributed by atoms with van der Waals surface area (Å²) in [5.74, 6) is 0.0276. The first-order valence-corrected chi connectivity index (χ1v) is 8.46. The van der Waals surface area contributed by atoms with E-state index < -0.39 is 0 Å². The van der Waals surface area contributed by atoms with Crippen LogP contribution < -0.4 is 10.6 Å². The van der Waals surface area contributed by atoms with Crippen LogP contribution in [-0.4, -0.2) is 42.0 Å². The molecule has 0 saturated heterocycles. The van der Waals surface area contributed by atoms with Crippen molar-refractivity contribution in [2.75, 3.05) is 26.0 Å². The van der Waals surface area contributed by atoms with E-state index in [9.17, 15) is 9.18 Å². The molecule has 8 heteroatoms. The van der Waals surface area contributed by atoms with Crippen molar-refractivity contribution in [2.24, 2.45) is 12.0 Å². The van der Waals surface area contributed by atoms with Gasteiger partial charge in [0.2, 0.25) is 5.91 Å². The second-order valence-corrected chi connectivity index (χ2v) is 6.49. The molecule has 0 aliphatic heterocycles. The number of hydrogen-bond acceptors (Lipinski definition) is 2. The molecule has 134 valence electrons. The van der Waals surface area contributed by atoms with Crippen molar-refractivity contribution in [1.29, 1.82) is 0 Å². The van der Waals surface area contributed by atoms with Gasteiger partial charge in [-0.3, -0.25) is 9.79 Å². The average molecular weight is 410 g/mol. The number of amides is 1. The van der Waals surface area contributed by atoms with Gasteiger partial charge in [-0.25, -0.2) is 4.39 Å². The summed E-state index contributed by atoms with van der Waals surface area (Å²) in [7, 11) is 5.53. The van der Waals surface area contributed by atoms with Crippen molar-refractivity contribution in [3.8, 4) is 0 Å². The predicted octanol–water partition coefficient (Wildman–Crippen LogP) is 2.57. The van der Waals surface area contributed by atoms with E-state index in [1.165, 1.54) is 24.3 Å². The lowest BCUT2D eigenvalue weighted by atomic mass is 10.3. The van der Waals surface area contributed by atoms with Gasteiger partial charge in [0.15, 0.2) is 5.96 Å². The van der Waals surface area contributed by atoms with Crippen LogP contribution in [0.25, 0.3) is 0 Å². The van der Waals surface area contributed by atoms with E-state index in [-0.39, 0.29) is 18.3 Å². The molecule has 25 heavy (non-hydrogen) atoms. The zero-order valence-electron chi connectivity index (χ0n) is 14.4. The molecule has 0 bridgehead atoms. The summed E-state index contributed by atoms with van der Waals surface area (Å²) >= 11 is 3.45. The van der Waals surface area contributed by atoms with Crippen LogP contribution in [0.3, 0.4) is 0 Å². The first-order chi connectivity index (χ1) is 11.9. The molecular formula is C17H21BrFN5O. The molecule has 1 aromatic carbocycles. The van der Waals surface area contributed by atoms with Crippen LogP contribution >= 0.6 is 15.9 Å². The number of nitrogens with zero attached hydrogens (tertiary/aromatic N) is 3. The molecular weight excluding hydrogens is 389 g/mol. The Balaban J connectivity index is 1.87. The molecule has 1 aromatic heterocycles. The SMILES string of the molecule is CN=C(NCC(=O)Nc1ccc(F)cc1)N(C)Cc1cc(Br)cn1C. The molecule has 2 aromatic rings. The third kappa shape index (κ3) is 5.60. The Morgan fingerprint density at radius 1 is 1.36 bits per heavy atom. The summed E-state index contributed by atoms with van der Waals surface area (Å²) < 4.78 is 15.9. The van der Waals surface area contributed by atoms with Crippen molar-refractivity contribution >= 4 is 33.5 Å². The maximum absolute atomic E-state index is 12.9. The lowest BCUT2D eigenvalue weighted by Gasteiger charge is -2.22. The summed E-state index contributed by atoms with van der Waals surface area (Å²) in [6, 6.07) is 7.66. The Labute approximate surface area is 154 Å². The van der Waals surface area contributed by atoms with Crippen molar-refractivity contribution < 1.29 is 9.18 Å². The zero-order chi connectivity index (χ0) is 18.4. The van der Waals surface area contributed by atoms with Gasteiger partial charge in [-0.05, 0) is 46.3 Å². The van der Waals surface area contributed by atoms with Crippen LogP contribution in [0.15, 0.2) is 46.0 Å². The molecule has 0 spiro atoms. The van der Waals surface area contributed by atoms with E-state index >= 15 is 0 Å². The highest BCUT2D eigenvalue weighted by atomic mass is 79.9. The number of nitrogens with one attached hydrogen (secondary N) is 2. The molecule has 0 fully saturated rings. The summed E-state index contributed by atoms with van der Waals surface area (Å²) in [5.41, 5.74) is 1.65. The van der Waals surface area contributed by atoms with Crippen LogP contribution in [0.4, 0.5) is 10.1 Å². The highest BCUT2D eigenvalue weighted by Gasteiger charge is 2.11. The largest absolute Gasteiger partial charge is 0.352 e. The van der Waals surface area contributed by atoms with Crippen molar-refractivity contribution in [3.63, 3.8) is 0 Å². The Hall–Kier alpha value is -2.35. The van der Waals surface area contributed by atoms with E-state index in [0.717, 1.165) is 10.2 Å². The number of aromatic nitrogens is 1. The minimum absolute atomic E-state index is 0.0607. The topological polar surface area (TPSA) is 61.7 Å². The monoisotopic (exact) mass is 409 g/mol. The van der Waals surface area contributed by atoms with Crippen LogP contribution in [-0.2, 0) is 18.4 Å². The minimum Gasteiger partial charge on any atom is -0.352 e. The maximum atomic E-state index is 12.9. The molecule has 0 aliphatic rings. The number of benzene rings is 1. The van der Waals surface area contributed by atoms with Crippen molar-refractivity contribution in [3.05, 3.63) is 52.5 Å². The molecule has 6 nitrogen and oxygen atoms in total. The minimum atomic E-state index is -0.342. The molecule has 0 radical (unpaired) electrons. The van der Waals surface area contributed by atoms with Gasteiger partial charge < -0.3 is 20.1 Å². The van der Waals surface area contributed by atoms with Crippen molar-refractivity contribution in [1.82, 2.24) is 14.8 Å². The summed E-state index contributed by atoms with van der Waals surface area (Å²) in [6.07, 6.45) is 1.98. The van der Waals surface area contributed by atoms with Crippen LogP contribution in [0.2, 0.25) is 0 Å². The number of aryl methyl sites for hydroxylation is 1. The van der Waals surface area contributed by atoms with Crippen LogP contribution in [0, 0.1) is 5.82 Å². The van der Waals surface area contributed by atoms with Gasteiger partial charge in [-0.1, -0.05) is 0 Å². The van der Waals surface area contributed by atoms with E-state index in [4.69, 9.17) is 0 Å². The number of carbonyl (C=O) groups is 1. The highest BCUT2D eigenvalue weighted by Crippen LogP contribution is 2.15. The average Bonchev–Trinajstić information content (AvgIpc) is 2.87. The van der Waals surface area contributed by atoms with Crippen LogP contribution in [0.1, 0.15) is 5.69 Å². The fourth-order valence-electron chi connectivity index (χ4n) is 2.32. The second kappa shape index (κ2) is 8.66. The third-order valence-corrected chi connectivity index (χ3v) is 4.02. The summed E-state index contributed by atoms with van der Waals surface area (Å²) in [4.78, 5) is 18.1. The quantitative estimate of drug-likeness (QED) is 0.589. The number of carbonyl (C=O) groups excluding carboxylic acids is 1. The van der Waals surface area contributed by atoms with Gasteiger partial charge in [0, 0.05) is 43.2 Å².